The summed E-state index contributed by atoms with van der Waals surface area (Å²) in [5, 5.41) is 5.92. The molecule has 4 aromatic carbocycles. The van der Waals surface area contributed by atoms with Crippen LogP contribution >= 0.6 is 0 Å². The molecule has 1 heterocycles. The van der Waals surface area contributed by atoms with Gasteiger partial charge in [-0.15, -0.1) is 0 Å². The van der Waals surface area contributed by atoms with Gasteiger partial charge in [0.2, 0.25) is 0 Å². The standard InChI is InChI=1S/C33H25F2N3O5/c1-36-32(40)29-25-17-24(27(38(41)42-2)18-28(25)43-30(29)19-8-11-22(34)12-9-19)23-16-20(10-13-26(23)35)31(39)37-33(14-15-33)21-6-4-3-5-7-21/h3-13,16-18H,14-15H2,1-2H3,(H-,36,37,39,40)/p+1. The Morgan fingerprint density at radius 2 is 1.63 bits per heavy atom. The predicted molar refractivity (Wildman–Crippen MR) is 156 cm³/mol. The maximum absolute atomic E-state index is 15.5. The first kappa shape index (κ1) is 27.8. The van der Waals surface area contributed by atoms with Crippen LogP contribution in [0.15, 0.2) is 89.3 Å². The highest BCUT2D eigenvalue weighted by Gasteiger charge is 2.45. The largest absolute Gasteiger partial charge is 0.455 e. The molecular formula is C33H26F2N3O5+. The van der Waals surface area contributed by atoms with E-state index in [2.05, 4.69) is 10.6 Å². The summed E-state index contributed by atoms with van der Waals surface area (Å²) >= 11 is 0. The van der Waals surface area contributed by atoms with Crippen LogP contribution in [0.25, 0.3) is 33.4 Å². The monoisotopic (exact) mass is 582 g/mol. The SMILES string of the molecule is CNC(=O)c1c(-c2ccc(F)cc2)oc2cc([N+](=O)OC)c(-c3cc(C(=O)NC4(c5ccccc5)CC4)ccc3F)cc12. The Labute approximate surface area is 244 Å². The van der Waals surface area contributed by atoms with E-state index in [-0.39, 0.29) is 49.6 Å². The molecule has 1 aromatic heterocycles. The molecule has 0 atom stereocenters. The smallest absolute Gasteiger partial charge is 0.328 e. The van der Waals surface area contributed by atoms with Crippen LogP contribution in [-0.2, 0) is 10.4 Å². The maximum atomic E-state index is 15.5. The van der Waals surface area contributed by atoms with E-state index in [0.29, 0.717) is 5.56 Å². The van der Waals surface area contributed by atoms with E-state index in [1.807, 2.05) is 30.3 Å². The quantitative estimate of drug-likeness (QED) is 0.196. The Bertz CT molecular complexity index is 1900. The lowest BCUT2D eigenvalue weighted by atomic mass is 9.96. The van der Waals surface area contributed by atoms with Crippen molar-refractivity contribution in [1.29, 1.82) is 0 Å². The summed E-state index contributed by atoms with van der Waals surface area (Å²) in [4.78, 5) is 44.4. The number of nitrogens with one attached hydrogen (secondary N) is 2. The summed E-state index contributed by atoms with van der Waals surface area (Å²) in [6.07, 6.45) is 1.55. The van der Waals surface area contributed by atoms with Gasteiger partial charge in [-0.25, -0.2) is 13.6 Å². The van der Waals surface area contributed by atoms with Crippen LogP contribution in [0.3, 0.4) is 0 Å². The third-order valence-corrected chi connectivity index (χ3v) is 7.68. The number of fused-ring (bicyclic) bond motifs is 1. The van der Waals surface area contributed by atoms with Gasteiger partial charge < -0.3 is 15.1 Å². The van der Waals surface area contributed by atoms with Crippen molar-refractivity contribution in [3.05, 3.63) is 118 Å². The summed E-state index contributed by atoms with van der Waals surface area (Å²) in [7, 11) is 2.60. The molecular weight excluding hydrogens is 556 g/mol. The van der Waals surface area contributed by atoms with Crippen LogP contribution in [0, 0.1) is 16.5 Å². The number of benzene rings is 4. The molecule has 0 bridgehead atoms. The van der Waals surface area contributed by atoms with Gasteiger partial charge in [-0.05, 0) is 66.9 Å². The van der Waals surface area contributed by atoms with Gasteiger partial charge in [-0.3, -0.25) is 9.59 Å². The molecule has 43 heavy (non-hydrogen) atoms. The minimum absolute atomic E-state index is 0.0561. The van der Waals surface area contributed by atoms with Gasteiger partial charge in [-0.1, -0.05) is 30.3 Å². The lowest BCUT2D eigenvalue weighted by Gasteiger charge is -2.18. The second-order valence-corrected chi connectivity index (χ2v) is 10.3. The fourth-order valence-electron chi connectivity index (χ4n) is 5.28. The molecule has 1 saturated carbocycles. The van der Waals surface area contributed by atoms with Crippen LogP contribution in [-0.4, -0.2) is 30.9 Å². The summed E-state index contributed by atoms with van der Waals surface area (Å²) in [5.74, 6) is -1.94. The molecule has 1 aliphatic rings. The van der Waals surface area contributed by atoms with Crippen molar-refractivity contribution in [2.24, 2.45) is 0 Å². The van der Waals surface area contributed by atoms with Crippen molar-refractivity contribution in [2.75, 3.05) is 14.2 Å². The van der Waals surface area contributed by atoms with E-state index >= 15 is 4.39 Å². The Kier molecular flexibility index (Phi) is 6.97. The van der Waals surface area contributed by atoms with Crippen LogP contribution in [0.4, 0.5) is 14.5 Å². The van der Waals surface area contributed by atoms with Crippen molar-refractivity contribution in [1.82, 2.24) is 10.6 Å². The van der Waals surface area contributed by atoms with E-state index in [4.69, 9.17) is 9.25 Å². The predicted octanol–water partition coefficient (Wildman–Crippen LogP) is 6.80. The normalized spacial score (nSPS) is 13.4. The number of hydrogen-bond acceptors (Lipinski definition) is 5. The molecule has 1 fully saturated rings. The number of halogens is 2. The number of hydrogen-bond donors (Lipinski definition) is 2. The van der Waals surface area contributed by atoms with E-state index in [1.165, 1.54) is 55.6 Å². The van der Waals surface area contributed by atoms with Crippen molar-refractivity contribution >= 4 is 28.5 Å². The summed E-state index contributed by atoms with van der Waals surface area (Å²) in [5.41, 5.74) is 1.25. The van der Waals surface area contributed by atoms with Gasteiger partial charge in [0.15, 0.2) is 7.11 Å². The third-order valence-electron chi connectivity index (χ3n) is 7.68. The summed E-state index contributed by atoms with van der Waals surface area (Å²) in [6.45, 7) is 0. The zero-order chi connectivity index (χ0) is 30.3. The average Bonchev–Trinajstić information content (AvgIpc) is 3.72. The van der Waals surface area contributed by atoms with Crippen LogP contribution < -0.4 is 10.6 Å². The highest BCUT2D eigenvalue weighted by Crippen LogP contribution is 2.46. The second-order valence-electron chi connectivity index (χ2n) is 10.3. The molecule has 0 saturated heterocycles. The lowest BCUT2D eigenvalue weighted by molar-refractivity contribution is -0.736. The molecule has 216 valence electrons. The van der Waals surface area contributed by atoms with Crippen LogP contribution in [0.5, 0.6) is 0 Å². The first-order chi connectivity index (χ1) is 20.7. The molecule has 0 unspecified atom stereocenters. The molecule has 0 spiro atoms. The third kappa shape index (κ3) is 5.01. The number of nitrogens with zero attached hydrogens (tertiary/aromatic N) is 1. The Hall–Kier alpha value is -5.38. The van der Waals surface area contributed by atoms with Gasteiger partial charge >= 0.3 is 5.69 Å². The first-order valence-corrected chi connectivity index (χ1v) is 13.5. The molecule has 2 amide bonds. The van der Waals surface area contributed by atoms with Crippen LogP contribution in [0.2, 0.25) is 0 Å². The topological polar surface area (TPSA) is 101 Å². The zero-order valence-corrected chi connectivity index (χ0v) is 23.2. The molecule has 1 aliphatic carbocycles. The zero-order valence-electron chi connectivity index (χ0n) is 23.2. The Morgan fingerprint density at radius 3 is 2.28 bits per heavy atom. The minimum atomic E-state index is -0.699. The van der Waals surface area contributed by atoms with Crippen molar-refractivity contribution in [3.8, 4) is 22.5 Å². The maximum Gasteiger partial charge on any atom is 0.328 e. The van der Waals surface area contributed by atoms with Gasteiger partial charge in [0.1, 0.15) is 23.0 Å². The summed E-state index contributed by atoms with van der Waals surface area (Å²) < 4.78 is 35.1. The van der Waals surface area contributed by atoms with Crippen molar-refractivity contribution in [3.63, 3.8) is 0 Å². The van der Waals surface area contributed by atoms with Gasteiger partial charge in [-0.2, -0.15) is 0 Å². The average molecular weight is 583 g/mol. The molecule has 0 radical (unpaired) electrons. The van der Waals surface area contributed by atoms with E-state index in [9.17, 15) is 18.9 Å². The lowest BCUT2D eigenvalue weighted by Crippen LogP contribution is -2.34. The van der Waals surface area contributed by atoms with E-state index < -0.39 is 29.0 Å². The summed E-state index contributed by atoms with van der Waals surface area (Å²) in [6, 6.07) is 21.7. The van der Waals surface area contributed by atoms with Gasteiger partial charge in [0.05, 0.1) is 27.6 Å². The fourth-order valence-corrected chi connectivity index (χ4v) is 5.28. The molecule has 10 heteroatoms. The number of amides is 2. The van der Waals surface area contributed by atoms with E-state index in [0.717, 1.165) is 31.6 Å². The number of furan rings is 1. The highest BCUT2D eigenvalue weighted by molar-refractivity contribution is 6.12. The van der Waals surface area contributed by atoms with Crippen LogP contribution in [0.1, 0.15) is 39.1 Å². The minimum Gasteiger partial charge on any atom is -0.455 e. The second kappa shape index (κ2) is 10.8. The molecule has 2 N–H and O–H groups in total. The highest BCUT2D eigenvalue weighted by atomic mass is 19.1. The first-order valence-electron chi connectivity index (χ1n) is 13.5. The Balaban J connectivity index is 1.49. The number of carbonyl (C=O) groups excluding carboxylic acids is 2. The van der Waals surface area contributed by atoms with E-state index in [1.54, 1.807) is 0 Å². The Morgan fingerprint density at radius 1 is 0.907 bits per heavy atom. The molecule has 6 rings (SSSR count). The fraction of sp³-hybridized carbons (Fsp3) is 0.152. The van der Waals surface area contributed by atoms with Crippen molar-refractivity contribution < 1.29 is 32.5 Å². The van der Waals surface area contributed by atoms with Crippen molar-refractivity contribution in [2.45, 2.75) is 18.4 Å². The number of rotatable bonds is 8. The number of carbonyl (C=O) groups is 2. The molecule has 8 nitrogen and oxygen atoms in total. The van der Waals surface area contributed by atoms with Gasteiger partial charge in [0, 0.05) is 29.1 Å². The molecule has 5 aromatic rings. The molecule has 0 aliphatic heterocycles. The van der Waals surface area contributed by atoms with Gasteiger partial charge in [0.25, 0.3) is 16.7 Å².